The fraction of sp³-hybridized carbons (Fsp3) is 0.556. The van der Waals surface area contributed by atoms with Gasteiger partial charge in [-0.1, -0.05) is 5.11 Å². The molecule has 104 valence electrons. The molecule has 0 unspecified atom stereocenters. The number of hydrogen-bond acceptors (Lipinski definition) is 5. The number of aliphatic carboxylic acids is 1. The van der Waals surface area contributed by atoms with Gasteiger partial charge in [-0.05, 0) is 5.53 Å². The van der Waals surface area contributed by atoms with Crippen molar-refractivity contribution in [2.45, 2.75) is 12.8 Å². The highest BCUT2D eigenvalue weighted by Crippen LogP contribution is 1.89. The summed E-state index contributed by atoms with van der Waals surface area (Å²) in [5, 5.41) is 15.7. The van der Waals surface area contributed by atoms with Crippen LogP contribution in [0.15, 0.2) is 5.11 Å². The first kappa shape index (κ1) is 16.4. The van der Waals surface area contributed by atoms with Crippen molar-refractivity contribution in [2.24, 2.45) is 5.11 Å². The first-order valence-electron chi connectivity index (χ1n) is 5.23. The van der Waals surface area contributed by atoms with E-state index in [1.807, 2.05) is 0 Å². The summed E-state index contributed by atoms with van der Waals surface area (Å²) in [6.45, 7) is -1.06. The molecular formula is C9H13N5O5. The van der Waals surface area contributed by atoms with Gasteiger partial charge in [-0.3, -0.25) is 19.2 Å². The number of nitrogens with one attached hydrogen (secondary N) is 2. The minimum Gasteiger partial charge on any atom is -0.481 e. The van der Waals surface area contributed by atoms with Crippen LogP contribution in [-0.4, -0.2) is 48.3 Å². The maximum atomic E-state index is 11.2. The molecule has 0 aromatic rings. The summed E-state index contributed by atoms with van der Waals surface area (Å²) in [5.41, 5.74) is 7.95. The van der Waals surface area contributed by atoms with Gasteiger partial charge in [-0.15, -0.1) is 0 Å². The predicted molar refractivity (Wildman–Crippen MR) is 61.9 cm³/mol. The Morgan fingerprint density at radius 2 is 1.68 bits per heavy atom. The van der Waals surface area contributed by atoms with Gasteiger partial charge in [-0.2, -0.15) is 0 Å². The smallest absolute Gasteiger partial charge is 0.303 e. The zero-order valence-corrected chi connectivity index (χ0v) is 9.96. The molecule has 0 fully saturated rings. The van der Waals surface area contributed by atoms with Gasteiger partial charge in [0.05, 0.1) is 19.5 Å². The zero-order valence-electron chi connectivity index (χ0n) is 9.96. The number of azide groups is 1. The molecule has 0 aliphatic carbocycles. The van der Waals surface area contributed by atoms with Crippen LogP contribution in [0.5, 0.6) is 0 Å². The van der Waals surface area contributed by atoms with E-state index in [0.717, 1.165) is 0 Å². The SMILES string of the molecule is [N-]=[N+]=NCC(=O)NCC(=O)NCC(=O)CCC(=O)O. The van der Waals surface area contributed by atoms with Crippen molar-refractivity contribution < 1.29 is 24.3 Å². The molecular weight excluding hydrogens is 258 g/mol. The van der Waals surface area contributed by atoms with Crippen LogP contribution in [0.25, 0.3) is 10.4 Å². The minimum atomic E-state index is -1.09. The van der Waals surface area contributed by atoms with E-state index in [9.17, 15) is 19.2 Å². The van der Waals surface area contributed by atoms with Gasteiger partial charge in [0.25, 0.3) is 0 Å². The number of ketones is 1. The number of carbonyl (C=O) groups is 4. The number of hydrogen-bond donors (Lipinski definition) is 3. The second-order valence-corrected chi connectivity index (χ2v) is 3.37. The van der Waals surface area contributed by atoms with Crippen LogP contribution in [0, 0.1) is 0 Å². The second kappa shape index (κ2) is 9.42. The lowest BCUT2D eigenvalue weighted by Crippen LogP contribution is -2.39. The van der Waals surface area contributed by atoms with Gasteiger partial charge in [0.15, 0.2) is 5.78 Å². The normalized spacial score (nSPS) is 9.05. The summed E-state index contributed by atoms with van der Waals surface area (Å²) in [5.74, 6) is -2.73. The Bertz CT molecular complexity index is 415. The maximum absolute atomic E-state index is 11.2. The van der Waals surface area contributed by atoms with Crippen molar-refractivity contribution in [3.05, 3.63) is 10.4 Å². The topological polar surface area (TPSA) is 161 Å². The van der Waals surface area contributed by atoms with E-state index >= 15 is 0 Å². The van der Waals surface area contributed by atoms with Crippen LogP contribution < -0.4 is 10.6 Å². The van der Waals surface area contributed by atoms with Crippen LogP contribution in [0.1, 0.15) is 12.8 Å². The molecule has 0 aromatic heterocycles. The third-order valence-electron chi connectivity index (χ3n) is 1.82. The summed E-state index contributed by atoms with van der Waals surface area (Å²) >= 11 is 0. The van der Waals surface area contributed by atoms with E-state index in [4.69, 9.17) is 10.6 Å². The monoisotopic (exact) mass is 271 g/mol. The van der Waals surface area contributed by atoms with Crippen LogP contribution in [0.3, 0.4) is 0 Å². The van der Waals surface area contributed by atoms with Gasteiger partial charge in [0.1, 0.15) is 6.54 Å². The van der Waals surface area contributed by atoms with Gasteiger partial charge in [-0.25, -0.2) is 0 Å². The molecule has 10 heteroatoms. The van der Waals surface area contributed by atoms with E-state index in [0.29, 0.717) is 0 Å². The Morgan fingerprint density at radius 1 is 1.05 bits per heavy atom. The summed E-state index contributed by atoms with van der Waals surface area (Å²) in [6.07, 6.45) is -0.462. The molecule has 0 saturated heterocycles. The lowest BCUT2D eigenvalue weighted by molar-refractivity contribution is -0.138. The number of nitrogens with zero attached hydrogens (tertiary/aromatic N) is 3. The Balaban J connectivity index is 3.75. The molecule has 19 heavy (non-hydrogen) atoms. The van der Waals surface area contributed by atoms with Crippen molar-refractivity contribution in [3.8, 4) is 0 Å². The van der Waals surface area contributed by atoms with Crippen molar-refractivity contribution in [1.29, 1.82) is 0 Å². The minimum absolute atomic E-state index is 0.168. The molecule has 0 spiro atoms. The summed E-state index contributed by atoms with van der Waals surface area (Å²) in [7, 11) is 0. The largest absolute Gasteiger partial charge is 0.481 e. The number of carboxylic acids is 1. The molecule has 0 aromatic carbocycles. The van der Waals surface area contributed by atoms with Crippen molar-refractivity contribution in [2.75, 3.05) is 19.6 Å². The first-order valence-corrected chi connectivity index (χ1v) is 5.23. The summed E-state index contributed by atoms with van der Waals surface area (Å²) in [4.78, 5) is 45.8. The number of Topliss-reactive ketones (excluding diaryl/α,β-unsaturated/α-hetero) is 1. The highest BCUT2D eigenvalue weighted by Gasteiger charge is 2.08. The third kappa shape index (κ3) is 10.3. The van der Waals surface area contributed by atoms with Crippen LogP contribution in [-0.2, 0) is 19.2 Å². The number of carboxylic acid groups (broad SMARTS) is 1. The van der Waals surface area contributed by atoms with Crippen LogP contribution in [0.4, 0.5) is 0 Å². The molecule has 10 nitrogen and oxygen atoms in total. The van der Waals surface area contributed by atoms with Gasteiger partial charge in [0, 0.05) is 11.3 Å². The lowest BCUT2D eigenvalue weighted by Gasteiger charge is -2.05. The second-order valence-electron chi connectivity index (χ2n) is 3.37. The molecule has 0 saturated carbocycles. The number of rotatable bonds is 9. The molecule has 0 heterocycles. The van der Waals surface area contributed by atoms with E-state index in [-0.39, 0.29) is 25.9 Å². The third-order valence-corrected chi connectivity index (χ3v) is 1.82. The van der Waals surface area contributed by atoms with Gasteiger partial charge in [0.2, 0.25) is 11.8 Å². The predicted octanol–water partition coefficient (Wildman–Crippen LogP) is -1.04. The quantitative estimate of drug-likeness (QED) is 0.277. The fourth-order valence-electron chi connectivity index (χ4n) is 0.925. The van der Waals surface area contributed by atoms with Crippen molar-refractivity contribution in [1.82, 2.24) is 10.6 Å². The molecule has 3 N–H and O–H groups in total. The van der Waals surface area contributed by atoms with E-state index in [1.165, 1.54) is 0 Å². The molecule has 0 radical (unpaired) electrons. The van der Waals surface area contributed by atoms with Gasteiger partial charge >= 0.3 is 5.97 Å². The lowest BCUT2D eigenvalue weighted by atomic mass is 10.2. The first-order chi connectivity index (χ1) is 8.95. The Labute approximate surface area is 107 Å². The molecule has 0 rings (SSSR count). The zero-order chi connectivity index (χ0) is 14.7. The number of carbonyl (C=O) groups excluding carboxylic acids is 3. The number of amides is 2. The summed E-state index contributed by atoms with van der Waals surface area (Å²) < 4.78 is 0. The Kier molecular flexibility index (Phi) is 8.13. The van der Waals surface area contributed by atoms with Gasteiger partial charge < -0.3 is 15.7 Å². The molecule has 0 aliphatic rings. The maximum Gasteiger partial charge on any atom is 0.303 e. The molecule has 0 bridgehead atoms. The van der Waals surface area contributed by atoms with Crippen LogP contribution >= 0.6 is 0 Å². The highest BCUT2D eigenvalue weighted by atomic mass is 16.4. The van der Waals surface area contributed by atoms with E-state index in [2.05, 4.69) is 20.7 Å². The van der Waals surface area contributed by atoms with Crippen molar-refractivity contribution in [3.63, 3.8) is 0 Å². The van der Waals surface area contributed by atoms with E-state index < -0.39 is 30.1 Å². The summed E-state index contributed by atoms with van der Waals surface area (Å²) in [6, 6.07) is 0. The Hall–Kier alpha value is -2.61. The molecule has 0 aliphatic heterocycles. The average Bonchev–Trinajstić information content (AvgIpc) is 2.37. The standard InChI is InChI=1S/C9H13N5O5/c10-14-13-5-8(17)12-4-7(16)11-3-6(15)1-2-9(18)19/h1-5H2,(H,11,16)(H,12,17)(H,18,19). The molecule has 0 atom stereocenters. The van der Waals surface area contributed by atoms with Crippen LogP contribution in [0.2, 0.25) is 0 Å². The Morgan fingerprint density at radius 3 is 2.26 bits per heavy atom. The fourth-order valence-corrected chi connectivity index (χ4v) is 0.925. The average molecular weight is 271 g/mol. The molecule has 2 amide bonds. The highest BCUT2D eigenvalue weighted by molar-refractivity contribution is 5.90. The van der Waals surface area contributed by atoms with Crippen molar-refractivity contribution >= 4 is 23.6 Å². The van der Waals surface area contributed by atoms with E-state index in [1.54, 1.807) is 0 Å².